The van der Waals surface area contributed by atoms with Crippen LogP contribution in [0.2, 0.25) is 9.36 Å². The van der Waals surface area contributed by atoms with Crippen LogP contribution in [0, 0.1) is 0 Å². The summed E-state index contributed by atoms with van der Waals surface area (Å²) in [6.07, 6.45) is 3.02. The third-order valence-corrected chi connectivity index (χ3v) is 3.73. The van der Waals surface area contributed by atoms with Crippen LogP contribution in [0.1, 0.15) is 17.8 Å². The minimum atomic E-state index is 0.116. The Morgan fingerprint density at radius 3 is 2.81 bits per heavy atom. The Morgan fingerprint density at radius 2 is 2.19 bits per heavy atom. The van der Waals surface area contributed by atoms with E-state index < -0.39 is 0 Å². The number of rotatable bonds is 3. The monoisotopic (exact) mass is 273 g/mol. The molecule has 0 aliphatic rings. The molecule has 0 aliphatic carbocycles. The highest BCUT2D eigenvalue weighted by Gasteiger charge is 2.10. The molecule has 0 aliphatic heterocycles. The Kier molecular flexibility index (Phi) is 3.63. The summed E-state index contributed by atoms with van der Waals surface area (Å²) in [6, 6.07) is 3.98. The van der Waals surface area contributed by atoms with Crippen LogP contribution in [-0.2, 0) is 0 Å². The van der Waals surface area contributed by atoms with E-state index in [0.29, 0.717) is 10.8 Å². The van der Waals surface area contributed by atoms with Gasteiger partial charge in [-0.05, 0) is 19.1 Å². The zero-order valence-electron chi connectivity index (χ0n) is 8.45. The molecule has 2 aromatic heterocycles. The van der Waals surface area contributed by atoms with Gasteiger partial charge in [-0.3, -0.25) is 0 Å². The predicted octanol–water partition coefficient (Wildman–Crippen LogP) is 4.02. The number of halogens is 2. The van der Waals surface area contributed by atoms with E-state index >= 15 is 0 Å². The van der Waals surface area contributed by atoms with Crippen molar-refractivity contribution in [1.29, 1.82) is 0 Å². The van der Waals surface area contributed by atoms with Crippen molar-refractivity contribution < 1.29 is 0 Å². The Hall–Kier alpha value is -0.840. The van der Waals surface area contributed by atoms with Crippen LogP contribution in [0.5, 0.6) is 0 Å². The van der Waals surface area contributed by atoms with Crippen LogP contribution < -0.4 is 5.32 Å². The number of anilines is 1. The van der Waals surface area contributed by atoms with Gasteiger partial charge in [-0.25, -0.2) is 9.97 Å². The molecule has 0 aromatic carbocycles. The lowest BCUT2D eigenvalue weighted by atomic mass is 10.3. The predicted molar refractivity (Wildman–Crippen MR) is 68.4 cm³/mol. The molecule has 1 unspecified atom stereocenters. The highest BCUT2D eigenvalue weighted by atomic mass is 35.5. The van der Waals surface area contributed by atoms with E-state index in [1.54, 1.807) is 6.20 Å². The van der Waals surface area contributed by atoms with Gasteiger partial charge in [0.2, 0.25) is 0 Å². The molecule has 0 bridgehead atoms. The second-order valence-corrected chi connectivity index (χ2v) is 5.38. The van der Waals surface area contributed by atoms with Gasteiger partial charge in [-0.2, -0.15) is 0 Å². The first-order chi connectivity index (χ1) is 7.66. The quantitative estimate of drug-likeness (QED) is 0.918. The molecule has 2 aromatic rings. The van der Waals surface area contributed by atoms with Gasteiger partial charge < -0.3 is 5.32 Å². The van der Waals surface area contributed by atoms with Gasteiger partial charge in [0.05, 0.1) is 16.6 Å². The second-order valence-electron chi connectivity index (χ2n) is 3.23. The molecule has 0 amide bonds. The largest absolute Gasteiger partial charge is 0.361 e. The Balaban J connectivity index is 2.13. The summed E-state index contributed by atoms with van der Waals surface area (Å²) < 4.78 is 0.775. The molecule has 0 saturated carbocycles. The molecule has 0 fully saturated rings. The minimum Gasteiger partial charge on any atom is -0.361 e. The maximum atomic E-state index is 5.95. The molecule has 3 nitrogen and oxygen atoms in total. The average Bonchev–Trinajstić information content (AvgIpc) is 2.68. The Labute approximate surface area is 107 Å². The van der Waals surface area contributed by atoms with E-state index in [9.17, 15) is 0 Å². The van der Waals surface area contributed by atoms with Gasteiger partial charge in [0.25, 0.3) is 0 Å². The van der Waals surface area contributed by atoms with Crippen molar-refractivity contribution in [2.75, 3.05) is 5.32 Å². The first-order valence-corrected chi connectivity index (χ1v) is 6.21. The van der Waals surface area contributed by atoms with Crippen LogP contribution >= 0.6 is 34.5 Å². The lowest BCUT2D eigenvalue weighted by molar-refractivity contribution is 0.893. The van der Waals surface area contributed by atoms with Crippen LogP contribution in [-0.4, -0.2) is 9.97 Å². The Morgan fingerprint density at radius 1 is 1.38 bits per heavy atom. The minimum absolute atomic E-state index is 0.116. The van der Waals surface area contributed by atoms with E-state index in [1.165, 1.54) is 17.7 Å². The zero-order valence-corrected chi connectivity index (χ0v) is 10.8. The van der Waals surface area contributed by atoms with Gasteiger partial charge in [0.15, 0.2) is 0 Å². The molecule has 1 N–H and O–H groups in total. The van der Waals surface area contributed by atoms with Crippen molar-refractivity contribution >= 4 is 40.4 Å². The van der Waals surface area contributed by atoms with Crippen molar-refractivity contribution in [1.82, 2.24) is 9.97 Å². The molecule has 16 heavy (non-hydrogen) atoms. The number of thiophene rings is 1. The number of nitrogens with zero attached hydrogens (tertiary/aromatic N) is 2. The SMILES string of the molecule is CC(Nc1ncncc1Cl)c1ccc(Cl)s1. The number of hydrogen-bond acceptors (Lipinski definition) is 4. The summed E-state index contributed by atoms with van der Waals surface area (Å²) >= 11 is 13.4. The fraction of sp³-hybridized carbons (Fsp3) is 0.200. The second kappa shape index (κ2) is 4.99. The highest BCUT2D eigenvalue weighted by Crippen LogP contribution is 2.29. The zero-order chi connectivity index (χ0) is 11.5. The molecular formula is C10H9Cl2N3S. The van der Waals surface area contributed by atoms with Gasteiger partial charge in [0, 0.05) is 4.88 Å². The summed E-state index contributed by atoms with van der Waals surface area (Å²) in [7, 11) is 0. The summed E-state index contributed by atoms with van der Waals surface area (Å²) in [5, 5.41) is 3.72. The molecule has 2 rings (SSSR count). The summed E-state index contributed by atoms with van der Waals surface area (Å²) in [5.41, 5.74) is 0. The topological polar surface area (TPSA) is 37.8 Å². The van der Waals surface area contributed by atoms with Gasteiger partial charge >= 0.3 is 0 Å². The third kappa shape index (κ3) is 2.64. The van der Waals surface area contributed by atoms with E-state index in [-0.39, 0.29) is 6.04 Å². The molecule has 1 atom stereocenters. The van der Waals surface area contributed by atoms with Crippen molar-refractivity contribution in [2.24, 2.45) is 0 Å². The summed E-state index contributed by atoms with van der Waals surface area (Å²) in [4.78, 5) is 9.03. The molecule has 0 spiro atoms. The van der Waals surface area contributed by atoms with Gasteiger partial charge in [-0.15, -0.1) is 11.3 Å². The fourth-order valence-electron chi connectivity index (χ4n) is 1.26. The molecule has 2 heterocycles. The number of hydrogen-bond donors (Lipinski definition) is 1. The lowest BCUT2D eigenvalue weighted by Gasteiger charge is -2.13. The normalized spacial score (nSPS) is 12.4. The van der Waals surface area contributed by atoms with E-state index in [1.807, 2.05) is 19.1 Å². The van der Waals surface area contributed by atoms with E-state index in [2.05, 4.69) is 15.3 Å². The maximum Gasteiger partial charge on any atom is 0.148 e. The van der Waals surface area contributed by atoms with Crippen molar-refractivity contribution in [3.05, 3.63) is 38.9 Å². The summed E-state index contributed by atoms with van der Waals surface area (Å²) in [5.74, 6) is 0.633. The van der Waals surface area contributed by atoms with Crippen LogP contribution in [0.25, 0.3) is 0 Å². The van der Waals surface area contributed by atoms with Crippen LogP contribution in [0.3, 0.4) is 0 Å². The maximum absolute atomic E-state index is 5.95. The van der Waals surface area contributed by atoms with E-state index in [4.69, 9.17) is 23.2 Å². The lowest BCUT2D eigenvalue weighted by Crippen LogP contribution is -2.06. The average molecular weight is 274 g/mol. The van der Waals surface area contributed by atoms with Gasteiger partial charge in [-0.1, -0.05) is 23.2 Å². The van der Waals surface area contributed by atoms with Crippen molar-refractivity contribution in [2.45, 2.75) is 13.0 Å². The number of nitrogens with one attached hydrogen (secondary N) is 1. The van der Waals surface area contributed by atoms with Gasteiger partial charge in [0.1, 0.15) is 17.2 Å². The van der Waals surface area contributed by atoms with Crippen LogP contribution in [0.15, 0.2) is 24.7 Å². The fourth-order valence-corrected chi connectivity index (χ4v) is 2.48. The number of aromatic nitrogens is 2. The van der Waals surface area contributed by atoms with E-state index in [0.717, 1.165) is 9.21 Å². The highest BCUT2D eigenvalue weighted by molar-refractivity contribution is 7.16. The first kappa shape index (κ1) is 11.6. The smallest absolute Gasteiger partial charge is 0.148 e. The molecule has 0 saturated heterocycles. The Bertz CT molecular complexity index is 486. The summed E-state index contributed by atoms with van der Waals surface area (Å²) in [6.45, 7) is 2.03. The standard InChI is InChI=1S/C10H9Cl2N3S/c1-6(8-2-3-9(12)16-8)15-10-7(11)4-13-5-14-10/h2-6H,1H3,(H,13,14,15). The third-order valence-electron chi connectivity index (χ3n) is 2.04. The first-order valence-electron chi connectivity index (χ1n) is 4.64. The molecular weight excluding hydrogens is 265 g/mol. The van der Waals surface area contributed by atoms with Crippen molar-refractivity contribution in [3.8, 4) is 0 Å². The molecule has 0 radical (unpaired) electrons. The molecule has 6 heteroatoms. The molecule has 84 valence electrons. The van der Waals surface area contributed by atoms with Crippen molar-refractivity contribution in [3.63, 3.8) is 0 Å². The van der Waals surface area contributed by atoms with Crippen LogP contribution in [0.4, 0.5) is 5.82 Å².